The lowest BCUT2D eigenvalue weighted by atomic mass is 9.81. The van der Waals surface area contributed by atoms with E-state index < -0.39 is 23.5 Å². The van der Waals surface area contributed by atoms with Gasteiger partial charge in [-0.1, -0.05) is 0 Å². The van der Waals surface area contributed by atoms with Crippen molar-refractivity contribution in [2.45, 2.75) is 43.8 Å². The van der Waals surface area contributed by atoms with Gasteiger partial charge in [0.1, 0.15) is 5.69 Å². The number of hydrazine groups is 1. The molecule has 156 valence electrons. The summed E-state index contributed by atoms with van der Waals surface area (Å²) >= 11 is 0. The molecule has 1 aromatic heterocycles. The van der Waals surface area contributed by atoms with Crippen molar-refractivity contribution in [3.05, 3.63) is 70.7 Å². The van der Waals surface area contributed by atoms with E-state index in [0.717, 1.165) is 42.7 Å². The number of nitrogens with one attached hydrogen (secondary N) is 1. The van der Waals surface area contributed by atoms with Gasteiger partial charge in [-0.15, -0.1) is 0 Å². The number of carbonyl (C=O) groups excluding carboxylic acids is 1. The van der Waals surface area contributed by atoms with E-state index in [1.54, 1.807) is 12.1 Å². The van der Waals surface area contributed by atoms with Crippen molar-refractivity contribution in [1.29, 1.82) is 0 Å². The lowest BCUT2D eigenvalue weighted by Crippen LogP contribution is -2.51. The van der Waals surface area contributed by atoms with Crippen LogP contribution >= 0.6 is 0 Å². The van der Waals surface area contributed by atoms with E-state index in [0.29, 0.717) is 6.42 Å². The minimum Gasteiger partial charge on any atom is -0.306 e. The van der Waals surface area contributed by atoms with Crippen molar-refractivity contribution in [1.82, 2.24) is 25.3 Å². The lowest BCUT2D eigenvalue weighted by molar-refractivity contribution is 0.0203. The Kier molecular flexibility index (Phi) is 4.59. The van der Waals surface area contributed by atoms with E-state index in [2.05, 4.69) is 15.3 Å². The van der Waals surface area contributed by atoms with Crippen LogP contribution in [-0.2, 0) is 0 Å². The Labute approximate surface area is 171 Å². The molecule has 3 aliphatic rings. The molecule has 4 heterocycles. The maximum absolute atomic E-state index is 14.0. The molecule has 1 aromatic carbocycles. The van der Waals surface area contributed by atoms with Gasteiger partial charge in [0.05, 0.1) is 17.9 Å². The molecular formula is C21H20F3N5O. The largest absolute Gasteiger partial charge is 0.306 e. The molecule has 0 spiro atoms. The molecule has 3 atom stereocenters. The third kappa shape index (κ3) is 2.92. The van der Waals surface area contributed by atoms with Crippen molar-refractivity contribution < 1.29 is 18.0 Å². The van der Waals surface area contributed by atoms with Gasteiger partial charge in [-0.3, -0.25) is 9.78 Å². The third-order valence-electron chi connectivity index (χ3n) is 6.15. The zero-order valence-corrected chi connectivity index (χ0v) is 16.3. The summed E-state index contributed by atoms with van der Waals surface area (Å²) in [5.74, 6) is -4.35. The van der Waals surface area contributed by atoms with Gasteiger partial charge < -0.3 is 5.32 Å². The maximum atomic E-state index is 14.0. The average Bonchev–Trinajstić information content (AvgIpc) is 3.04. The fourth-order valence-electron chi connectivity index (χ4n) is 4.96. The molecule has 1 amide bonds. The van der Waals surface area contributed by atoms with Crippen LogP contribution in [0.25, 0.3) is 0 Å². The maximum Gasteiger partial charge on any atom is 0.292 e. The Morgan fingerprint density at radius 2 is 1.93 bits per heavy atom. The van der Waals surface area contributed by atoms with Crippen LogP contribution in [0.2, 0.25) is 0 Å². The summed E-state index contributed by atoms with van der Waals surface area (Å²) in [4.78, 5) is 21.4. The van der Waals surface area contributed by atoms with Gasteiger partial charge in [0.25, 0.3) is 5.91 Å². The molecule has 0 radical (unpaired) electrons. The molecule has 6 nitrogen and oxygen atoms in total. The molecule has 2 aromatic rings. The van der Waals surface area contributed by atoms with E-state index in [9.17, 15) is 18.0 Å². The number of piperidine rings is 1. The number of carbonyl (C=O) groups is 1. The molecule has 0 aliphatic carbocycles. The van der Waals surface area contributed by atoms with Crippen molar-refractivity contribution in [2.24, 2.45) is 0 Å². The van der Waals surface area contributed by atoms with Crippen molar-refractivity contribution >= 4 is 5.91 Å². The number of aromatic nitrogens is 2. The molecule has 1 saturated heterocycles. The Balaban J connectivity index is 1.64. The molecule has 3 aliphatic heterocycles. The summed E-state index contributed by atoms with van der Waals surface area (Å²) in [6.07, 6.45) is 7.83. The average molecular weight is 415 g/mol. The minimum absolute atomic E-state index is 0.0456. The molecule has 1 N–H and O–H groups in total. The SMILES string of the molecule is CN1C(c2cc(F)c(F)c(F)c2)C2=C([C@@H]3CCC[C@H](C2)N3)N1C(=O)c1cnccn1. The normalized spacial score (nSPS) is 26.1. The number of hydrogen-bond acceptors (Lipinski definition) is 5. The highest BCUT2D eigenvalue weighted by Gasteiger charge is 2.48. The van der Waals surface area contributed by atoms with Crippen LogP contribution in [0.1, 0.15) is 47.8 Å². The molecule has 30 heavy (non-hydrogen) atoms. The predicted molar refractivity (Wildman–Crippen MR) is 101 cm³/mol. The molecule has 1 fully saturated rings. The topological polar surface area (TPSA) is 61.4 Å². The predicted octanol–water partition coefficient (Wildman–Crippen LogP) is 3.11. The van der Waals surface area contributed by atoms with Gasteiger partial charge in [0.15, 0.2) is 17.5 Å². The first kappa shape index (κ1) is 19.2. The Hall–Kier alpha value is -2.78. The van der Waals surface area contributed by atoms with Crippen molar-refractivity contribution in [2.75, 3.05) is 7.05 Å². The molecule has 9 heteroatoms. The number of benzene rings is 1. The van der Waals surface area contributed by atoms with E-state index >= 15 is 0 Å². The molecule has 1 unspecified atom stereocenters. The van der Waals surface area contributed by atoms with Crippen LogP contribution < -0.4 is 5.32 Å². The van der Waals surface area contributed by atoms with E-state index in [1.165, 1.54) is 23.6 Å². The highest BCUT2D eigenvalue weighted by atomic mass is 19.2. The van der Waals surface area contributed by atoms with Gasteiger partial charge >= 0.3 is 0 Å². The first-order chi connectivity index (χ1) is 14.5. The number of hydrogen-bond donors (Lipinski definition) is 1. The van der Waals surface area contributed by atoms with E-state index in [4.69, 9.17) is 0 Å². The first-order valence-electron chi connectivity index (χ1n) is 9.92. The fourth-order valence-corrected chi connectivity index (χ4v) is 4.96. The third-order valence-corrected chi connectivity index (χ3v) is 6.15. The number of fused-ring (bicyclic) bond motifs is 3. The zero-order valence-electron chi connectivity index (χ0n) is 16.3. The smallest absolute Gasteiger partial charge is 0.292 e. The molecular weight excluding hydrogens is 395 g/mol. The number of nitrogens with zero attached hydrogens (tertiary/aromatic N) is 4. The summed E-state index contributed by atoms with van der Waals surface area (Å²) in [6, 6.07) is 1.64. The summed E-state index contributed by atoms with van der Waals surface area (Å²) in [5, 5.41) is 6.76. The van der Waals surface area contributed by atoms with Gasteiger partial charge in [0, 0.05) is 31.5 Å². The van der Waals surface area contributed by atoms with Gasteiger partial charge in [0.2, 0.25) is 0 Å². The van der Waals surface area contributed by atoms with Gasteiger partial charge in [-0.2, -0.15) is 0 Å². The van der Waals surface area contributed by atoms with Crippen LogP contribution in [0.3, 0.4) is 0 Å². The fraction of sp³-hybridized carbons (Fsp3) is 0.381. The Morgan fingerprint density at radius 1 is 1.17 bits per heavy atom. The second-order valence-corrected chi connectivity index (χ2v) is 7.94. The first-order valence-corrected chi connectivity index (χ1v) is 9.92. The standard InChI is InChI=1S/C21H20F3N5O/c1-28-19(11-7-14(22)18(24)15(23)8-11)13-9-12-3-2-4-16(27-12)20(13)29(28)21(30)17-10-25-5-6-26-17/h5-8,10,12,16,19,27H,2-4,9H2,1H3/t12-,16+,19?/m1/s1. The van der Waals surface area contributed by atoms with Crippen LogP contribution in [-0.4, -0.2) is 45.0 Å². The minimum atomic E-state index is -1.50. The monoisotopic (exact) mass is 415 g/mol. The van der Waals surface area contributed by atoms with E-state index in [-0.39, 0.29) is 29.2 Å². The van der Waals surface area contributed by atoms with Crippen LogP contribution in [0.4, 0.5) is 13.2 Å². The quantitative estimate of drug-likeness (QED) is 0.764. The zero-order chi connectivity index (χ0) is 21.0. The van der Waals surface area contributed by atoms with E-state index in [1.807, 2.05) is 0 Å². The lowest BCUT2D eigenvalue weighted by Gasteiger charge is -2.39. The molecule has 2 bridgehead atoms. The number of halogens is 3. The summed E-state index contributed by atoms with van der Waals surface area (Å²) < 4.78 is 41.6. The highest BCUT2D eigenvalue weighted by Crippen LogP contribution is 2.47. The molecule has 0 saturated carbocycles. The summed E-state index contributed by atoms with van der Waals surface area (Å²) in [6.45, 7) is 0. The Bertz CT molecular complexity index is 1020. The number of amides is 1. The summed E-state index contributed by atoms with van der Waals surface area (Å²) in [5.41, 5.74) is 2.16. The van der Waals surface area contributed by atoms with Gasteiger partial charge in [-0.05, 0) is 49.0 Å². The second-order valence-electron chi connectivity index (χ2n) is 7.94. The number of rotatable bonds is 2. The number of likely N-dealkylation sites (N-methyl/N-ethyl adjacent to an activating group) is 1. The molecule has 5 rings (SSSR count). The highest BCUT2D eigenvalue weighted by molar-refractivity contribution is 5.93. The van der Waals surface area contributed by atoms with Gasteiger partial charge in [-0.25, -0.2) is 28.2 Å². The van der Waals surface area contributed by atoms with Crippen molar-refractivity contribution in [3.8, 4) is 0 Å². The Morgan fingerprint density at radius 3 is 2.63 bits per heavy atom. The van der Waals surface area contributed by atoms with Crippen LogP contribution in [0.5, 0.6) is 0 Å². The second kappa shape index (κ2) is 7.17. The summed E-state index contributed by atoms with van der Waals surface area (Å²) in [7, 11) is 1.69. The van der Waals surface area contributed by atoms with Crippen molar-refractivity contribution in [3.63, 3.8) is 0 Å². The van der Waals surface area contributed by atoms with Crippen LogP contribution in [0, 0.1) is 17.5 Å². The van der Waals surface area contributed by atoms with Crippen LogP contribution in [0.15, 0.2) is 42.0 Å².